The summed E-state index contributed by atoms with van der Waals surface area (Å²) in [5, 5.41) is 9.64. The molecule has 1 fully saturated rings. The van der Waals surface area contributed by atoms with Crippen molar-refractivity contribution in [1.29, 1.82) is 0 Å². The van der Waals surface area contributed by atoms with Gasteiger partial charge in [0.15, 0.2) is 5.16 Å². The van der Waals surface area contributed by atoms with Gasteiger partial charge >= 0.3 is 0 Å². The highest BCUT2D eigenvalue weighted by atomic mass is 32.2. The maximum atomic E-state index is 5.63. The summed E-state index contributed by atoms with van der Waals surface area (Å²) >= 11 is 1.64. The molecule has 128 valence electrons. The lowest BCUT2D eigenvalue weighted by Crippen LogP contribution is -2.02. The molecule has 0 amide bonds. The molecule has 3 aromatic rings. The third-order valence-corrected chi connectivity index (χ3v) is 5.20. The summed E-state index contributed by atoms with van der Waals surface area (Å²) in [5.41, 5.74) is 3.12. The van der Waals surface area contributed by atoms with E-state index in [1.54, 1.807) is 18.0 Å². The summed E-state index contributed by atoms with van der Waals surface area (Å²) in [6.07, 6.45) is 6.04. The van der Waals surface area contributed by atoms with E-state index in [0.717, 1.165) is 28.8 Å². The molecule has 0 aliphatic heterocycles. The SMILES string of the molecule is C=CCn1c(SCc2coc(-c3ccc(C)cc3)n2)nnc1C1CC1. The van der Waals surface area contributed by atoms with E-state index in [4.69, 9.17) is 4.42 Å². The molecule has 1 aromatic carbocycles. The average molecular weight is 352 g/mol. The van der Waals surface area contributed by atoms with Gasteiger partial charge in [-0.25, -0.2) is 4.98 Å². The van der Waals surface area contributed by atoms with Crippen LogP contribution in [0.25, 0.3) is 11.5 Å². The standard InChI is InChI=1S/C19H20N4OS/c1-3-10-23-17(14-8-9-14)21-22-19(23)25-12-16-11-24-18(20-16)15-6-4-13(2)5-7-15/h3-7,11,14H,1,8-10,12H2,2H3. The number of allylic oxidation sites excluding steroid dienone is 1. The van der Waals surface area contributed by atoms with Crippen molar-refractivity contribution < 1.29 is 4.42 Å². The Morgan fingerprint density at radius 1 is 1.28 bits per heavy atom. The molecule has 1 aliphatic rings. The Morgan fingerprint density at radius 3 is 2.80 bits per heavy atom. The van der Waals surface area contributed by atoms with E-state index >= 15 is 0 Å². The van der Waals surface area contributed by atoms with Gasteiger partial charge < -0.3 is 8.98 Å². The fourth-order valence-electron chi connectivity index (χ4n) is 2.69. The Morgan fingerprint density at radius 2 is 2.08 bits per heavy atom. The van der Waals surface area contributed by atoms with Crippen LogP contribution in [0.1, 0.15) is 35.8 Å². The molecule has 2 aromatic heterocycles. The number of thioether (sulfide) groups is 1. The minimum Gasteiger partial charge on any atom is -0.444 e. The predicted molar refractivity (Wildman–Crippen MR) is 98.4 cm³/mol. The number of oxazole rings is 1. The second-order valence-electron chi connectivity index (χ2n) is 6.31. The van der Waals surface area contributed by atoms with Crippen LogP contribution in [0.15, 0.2) is 52.8 Å². The van der Waals surface area contributed by atoms with E-state index in [9.17, 15) is 0 Å². The number of aromatic nitrogens is 4. The number of hydrogen-bond donors (Lipinski definition) is 0. The molecule has 2 heterocycles. The normalized spacial score (nSPS) is 14.0. The first kappa shape index (κ1) is 16.1. The third kappa shape index (κ3) is 3.54. The molecule has 25 heavy (non-hydrogen) atoms. The average Bonchev–Trinajstić information content (AvgIpc) is 3.22. The van der Waals surface area contributed by atoms with Crippen LogP contribution >= 0.6 is 11.8 Å². The lowest BCUT2D eigenvalue weighted by Gasteiger charge is -2.05. The minimum absolute atomic E-state index is 0.571. The van der Waals surface area contributed by atoms with Gasteiger partial charge in [-0.3, -0.25) is 0 Å². The summed E-state index contributed by atoms with van der Waals surface area (Å²) in [6.45, 7) is 6.66. The van der Waals surface area contributed by atoms with Gasteiger partial charge in [-0.05, 0) is 31.9 Å². The monoisotopic (exact) mass is 352 g/mol. The minimum atomic E-state index is 0.571. The number of nitrogens with zero attached hydrogens (tertiary/aromatic N) is 4. The van der Waals surface area contributed by atoms with Crippen LogP contribution in [0.3, 0.4) is 0 Å². The van der Waals surface area contributed by atoms with Gasteiger partial charge in [-0.15, -0.1) is 16.8 Å². The highest BCUT2D eigenvalue weighted by molar-refractivity contribution is 7.98. The molecule has 0 bridgehead atoms. The first-order valence-electron chi connectivity index (χ1n) is 8.43. The quantitative estimate of drug-likeness (QED) is 0.459. The lowest BCUT2D eigenvalue weighted by molar-refractivity contribution is 0.573. The van der Waals surface area contributed by atoms with Gasteiger partial charge in [0.05, 0.1) is 5.69 Å². The second-order valence-corrected chi connectivity index (χ2v) is 7.26. The largest absolute Gasteiger partial charge is 0.444 e. The number of benzene rings is 1. The van der Waals surface area contributed by atoms with Crippen LogP contribution in [0, 0.1) is 6.92 Å². The van der Waals surface area contributed by atoms with Crippen molar-refractivity contribution in [1.82, 2.24) is 19.7 Å². The zero-order valence-corrected chi connectivity index (χ0v) is 15.0. The summed E-state index contributed by atoms with van der Waals surface area (Å²) in [5.74, 6) is 3.02. The fourth-order valence-corrected chi connectivity index (χ4v) is 3.52. The molecule has 1 saturated carbocycles. The Bertz CT molecular complexity index is 877. The molecule has 1 aliphatic carbocycles. The van der Waals surface area contributed by atoms with Crippen LogP contribution in [0.4, 0.5) is 0 Å². The fraction of sp³-hybridized carbons (Fsp3) is 0.316. The number of aryl methyl sites for hydroxylation is 1. The van der Waals surface area contributed by atoms with Crippen LogP contribution in [0.2, 0.25) is 0 Å². The number of hydrogen-bond acceptors (Lipinski definition) is 5. The topological polar surface area (TPSA) is 56.7 Å². The zero-order valence-electron chi connectivity index (χ0n) is 14.2. The molecule has 5 nitrogen and oxygen atoms in total. The van der Waals surface area contributed by atoms with Crippen molar-refractivity contribution >= 4 is 11.8 Å². The van der Waals surface area contributed by atoms with E-state index in [1.807, 2.05) is 18.2 Å². The smallest absolute Gasteiger partial charge is 0.226 e. The molecule has 0 N–H and O–H groups in total. The second kappa shape index (κ2) is 6.88. The van der Waals surface area contributed by atoms with Crippen molar-refractivity contribution in [2.24, 2.45) is 0 Å². The predicted octanol–water partition coefficient (Wildman–Crippen LogP) is 4.60. The van der Waals surface area contributed by atoms with Gasteiger partial charge in [-0.1, -0.05) is 35.5 Å². The molecule has 0 atom stereocenters. The van der Waals surface area contributed by atoms with E-state index in [2.05, 4.69) is 45.4 Å². The highest BCUT2D eigenvalue weighted by Crippen LogP contribution is 2.40. The van der Waals surface area contributed by atoms with Gasteiger partial charge in [0.1, 0.15) is 12.1 Å². The Kier molecular flexibility index (Phi) is 4.44. The van der Waals surface area contributed by atoms with Crippen LogP contribution in [-0.2, 0) is 12.3 Å². The Hall–Kier alpha value is -2.34. The van der Waals surface area contributed by atoms with Gasteiger partial charge in [0.2, 0.25) is 5.89 Å². The van der Waals surface area contributed by atoms with Crippen molar-refractivity contribution in [3.05, 3.63) is 60.3 Å². The lowest BCUT2D eigenvalue weighted by atomic mass is 10.1. The molecule has 0 radical (unpaired) electrons. The zero-order chi connectivity index (χ0) is 17.2. The summed E-state index contributed by atoms with van der Waals surface area (Å²) in [4.78, 5) is 4.59. The molecule has 4 rings (SSSR count). The number of rotatable bonds is 7. The summed E-state index contributed by atoms with van der Waals surface area (Å²) in [7, 11) is 0. The molecule has 6 heteroatoms. The van der Waals surface area contributed by atoms with Crippen molar-refractivity contribution in [2.75, 3.05) is 0 Å². The highest BCUT2D eigenvalue weighted by Gasteiger charge is 2.30. The maximum Gasteiger partial charge on any atom is 0.226 e. The van der Waals surface area contributed by atoms with Crippen molar-refractivity contribution in [2.45, 2.75) is 43.1 Å². The van der Waals surface area contributed by atoms with Crippen molar-refractivity contribution in [3.63, 3.8) is 0 Å². The van der Waals surface area contributed by atoms with E-state index in [-0.39, 0.29) is 0 Å². The van der Waals surface area contributed by atoms with Crippen molar-refractivity contribution in [3.8, 4) is 11.5 Å². The van der Waals surface area contributed by atoms with E-state index in [0.29, 0.717) is 17.6 Å². The molecule has 0 spiro atoms. The van der Waals surface area contributed by atoms with E-state index < -0.39 is 0 Å². The molecular formula is C19H20N4OS. The van der Waals surface area contributed by atoms with Crippen LogP contribution < -0.4 is 0 Å². The summed E-state index contributed by atoms with van der Waals surface area (Å²) < 4.78 is 7.79. The molecule has 0 unspecified atom stereocenters. The van der Waals surface area contributed by atoms with E-state index in [1.165, 1.54) is 18.4 Å². The van der Waals surface area contributed by atoms with Crippen LogP contribution in [-0.4, -0.2) is 19.7 Å². The molecule has 0 saturated heterocycles. The van der Waals surface area contributed by atoms with Crippen LogP contribution in [0.5, 0.6) is 0 Å². The van der Waals surface area contributed by atoms with Gasteiger partial charge in [0, 0.05) is 23.8 Å². The molecular weight excluding hydrogens is 332 g/mol. The Labute approximate surface area is 151 Å². The van der Waals surface area contributed by atoms with Gasteiger partial charge in [0.25, 0.3) is 0 Å². The Balaban J connectivity index is 1.47. The maximum absolute atomic E-state index is 5.63. The third-order valence-electron chi connectivity index (χ3n) is 4.20. The summed E-state index contributed by atoms with van der Waals surface area (Å²) in [6, 6.07) is 8.18. The first-order valence-corrected chi connectivity index (χ1v) is 9.41. The van der Waals surface area contributed by atoms with Gasteiger partial charge in [-0.2, -0.15) is 0 Å². The first-order chi connectivity index (χ1) is 12.2.